The van der Waals surface area contributed by atoms with E-state index in [9.17, 15) is 0 Å². The number of hydrogen-bond donors (Lipinski definition) is 0. The summed E-state index contributed by atoms with van der Waals surface area (Å²) in [5, 5.41) is 0. The summed E-state index contributed by atoms with van der Waals surface area (Å²) in [4.78, 5) is 9.49. The van der Waals surface area contributed by atoms with Crippen LogP contribution in [0, 0.1) is 5.92 Å². The van der Waals surface area contributed by atoms with Gasteiger partial charge in [0, 0.05) is 17.5 Å². The van der Waals surface area contributed by atoms with Crippen molar-refractivity contribution in [2.45, 2.75) is 65.2 Å². The molecule has 3 rings (SSSR count). The van der Waals surface area contributed by atoms with Crippen LogP contribution in [-0.2, 0) is 12.8 Å². The molecule has 1 atom stereocenters. The van der Waals surface area contributed by atoms with E-state index in [1.54, 1.807) is 0 Å². The highest BCUT2D eigenvalue weighted by Gasteiger charge is 2.20. The maximum absolute atomic E-state index is 5.65. The van der Waals surface area contributed by atoms with Crippen molar-refractivity contribution in [1.29, 1.82) is 0 Å². The van der Waals surface area contributed by atoms with Gasteiger partial charge in [-0.3, -0.25) is 0 Å². The van der Waals surface area contributed by atoms with Crippen LogP contribution in [0.5, 0.6) is 5.75 Å². The van der Waals surface area contributed by atoms with Gasteiger partial charge in [0.1, 0.15) is 5.75 Å². The minimum absolute atomic E-state index is 0.758. The molecule has 0 saturated heterocycles. The molecule has 1 heterocycles. The van der Waals surface area contributed by atoms with E-state index < -0.39 is 0 Å². The molecular formula is C22H30N2O. The van der Waals surface area contributed by atoms with E-state index in [4.69, 9.17) is 9.72 Å². The van der Waals surface area contributed by atoms with Crippen LogP contribution in [0.15, 0.2) is 30.5 Å². The summed E-state index contributed by atoms with van der Waals surface area (Å²) in [5.74, 6) is 2.58. The van der Waals surface area contributed by atoms with Gasteiger partial charge in [-0.05, 0) is 61.4 Å². The Morgan fingerprint density at radius 3 is 2.68 bits per heavy atom. The lowest BCUT2D eigenvalue weighted by Crippen LogP contribution is -2.16. The second-order valence-corrected chi connectivity index (χ2v) is 7.14. The lowest BCUT2D eigenvalue weighted by molar-refractivity contribution is 0.317. The summed E-state index contributed by atoms with van der Waals surface area (Å²) in [7, 11) is 0. The van der Waals surface area contributed by atoms with E-state index in [2.05, 4.69) is 37.2 Å². The van der Waals surface area contributed by atoms with E-state index >= 15 is 0 Å². The van der Waals surface area contributed by atoms with Crippen molar-refractivity contribution >= 4 is 0 Å². The van der Waals surface area contributed by atoms with Gasteiger partial charge in [-0.25, -0.2) is 9.97 Å². The molecule has 0 aliphatic heterocycles. The molecule has 25 heavy (non-hydrogen) atoms. The standard InChI is InChI=1S/C22H30N2O/c1-3-5-6-7-17-8-13-21-19(15-17)16-23-22(24-21)18-9-11-20(12-10-18)25-14-4-2/h9-12,16-17H,3-8,13-15H2,1-2H3. The zero-order chi connectivity index (χ0) is 17.5. The first-order valence-electron chi connectivity index (χ1n) is 9.88. The van der Waals surface area contributed by atoms with Gasteiger partial charge in [0.05, 0.1) is 6.61 Å². The molecule has 1 aromatic heterocycles. The van der Waals surface area contributed by atoms with Gasteiger partial charge in [-0.15, -0.1) is 0 Å². The molecule has 1 aromatic carbocycles. The second-order valence-electron chi connectivity index (χ2n) is 7.14. The summed E-state index contributed by atoms with van der Waals surface area (Å²) in [5.41, 5.74) is 3.68. The van der Waals surface area contributed by atoms with Gasteiger partial charge in [-0.2, -0.15) is 0 Å². The molecule has 0 radical (unpaired) electrons. The molecule has 0 amide bonds. The number of ether oxygens (including phenoxy) is 1. The largest absolute Gasteiger partial charge is 0.494 e. The number of hydrogen-bond acceptors (Lipinski definition) is 3. The van der Waals surface area contributed by atoms with Crippen LogP contribution < -0.4 is 4.74 Å². The molecule has 3 heteroatoms. The minimum Gasteiger partial charge on any atom is -0.494 e. The third kappa shape index (κ3) is 4.81. The Hall–Kier alpha value is -1.90. The number of benzene rings is 1. The fourth-order valence-corrected chi connectivity index (χ4v) is 3.57. The SMILES string of the molecule is CCCCCC1CCc2nc(-c3ccc(OCCC)cc3)ncc2C1. The number of fused-ring (bicyclic) bond motifs is 1. The number of rotatable bonds is 8. The maximum atomic E-state index is 5.65. The molecule has 2 aromatic rings. The molecule has 0 spiro atoms. The monoisotopic (exact) mass is 338 g/mol. The second kappa shape index (κ2) is 8.98. The Morgan fingerprint density at radius 1 is 1.08 bits per heavy atom. The molecule has 1 aliphatic rings. The number of aryl methyl sites for hydroxylation is 1. The molecule has 3 nitrogen and oxygen atoms in total. The smallest absolute Gasteiger partial charge is 0.159 e. The molecule has 1 aliphatic carbocycles. The van der Waals surface area contributed by atoms with Crippen molar-refractivity contribution < 1.29 is 4.74 Å². The third-order valence-electron chi connectivity index (χ3n) is 5.05. The molecule has 1 unspecified atom stereocenters. The number of unbranched alkanes of at least 4 members (excludes halogenated alkanes) is 2. The Labute approximate surface area is 151 Å². The van der Waals surface area contributed by atoms with Crippen LogP contribution >= 0.6 is 0 Å². The van der Waals surface area contributed by atoms with E-state index in [-0.39, 0.29) is 0 Å². The number of nitrogens with zero attached hydrogens (tertiary/aromatic N) is 2. The fraction of sp³-hybridized carbons (Fsp3) is 0.545. The normalized spacial score (nSPS) is 16.5. The van der Waals surface area contributed by atoms with Crippen molar-refractivity contribution in [2.24, 2.45) is 5.92 Å². The van der Waals surface area contributed by atoms with Crippen molar-refractivity contribution in [2.75, 3.05) is 6.61 Å². The van der Waals surface area contributed by atoms with Crippen LogP contribution in [0.4, 0.5) is 0 Å². The van der Waals surface area contributed by atoms with E-state index in [0.29, 0.717) is 0 Å². The Bertz CT molecular complexity index is 666. The topological polar surface area (TPSA) is 35.0 Å². The zero-order valence-corrected chi connectivity index (χ0v) is 15.6. The fourth-order valence-electron chi connectivity index (χ4n) is 3.57. The first-order chi connectivity index (χ1) is 12.3. The highest BCUT2D eigenvalue weighted by molar-refractivity contribution is 5.56. The van der Waals surface area contributed by atoms with Gasteiger partial charge >= 0.3 is 0 Å². The van der Waals surface area contributed by atoms with Crippen LogP contribution in [0.25, 0.3) is 11.4 Å². The number of aromatic nitrogens is 2. The van der Waals surface area contributed by atoms with Gasteiger partial charge in [-0.1, -0.05) is 39.5 Å². The van der Waals surface area contributed by atoms with Crippen molar-refractivity contribution in [3.05, 3.63) is 41.7 Å². The summed E-state index contributed by atoms with van der Waals surface area (Å²) in [6.07, 6.45) is 12.0. The van der Waals surface area contributed by atoms with Gasteiger partial charge in [0.2, 0.25) is 0 Å². The molecule has 0 N–H and O–H groups in total. The van der Waals surface area contributed by atoms with Gasteiger partial charge in [0.15, 0.2) is 5.82 Å². The third-order valence-corrected chi connectivity index (χ3v) is 5.05. The Kier molecular flexibility index (Phi) is 6.43. The lowest BCUT2D eigenvalue weighted by Gasteiger charge is -2.23. The van der Waals surface area contributed by atoms with Gasteiger partial charge < -0.3 is 4.74 Å². The minimum atomic E-state index is 0.758. The Balaban J connectivity index is 1.66. The van der Waals surface area contributed by atoms with Crippen LogP contribution in [0.3, 0.4) is 0 Å². The van der Waals surface area contributed by atoms with E-state index in [1.807, 2.05) is 12.1 Å². The summed E-state index contributed by atoms with van der Waals surface area (Å²) >= 11 is 0. The Morgan fingerprint density at radius 2 is 1.92 bits per heavy atom. The summed E-state index contributed by atoms with van der Waals surface area (Å²) < 4.78 is 5.65. The molecule has 0 fully saturated rings. The summed E-state index contributed by atoms with van der Waals surface area (Å²) in [6.45, 7) is 5.14. The maximum Gasteiger partial charge on any atom is 0.159 e. The van der Waals surface area contributed by atoms with E-state index in [1.165, 1.54) is 43.4 Å². The average molecular weight is 338 g/mol. The van der Waals surface area contributed by atoms with E-state index in [0.717, 1.165) is 48.9 Å². The van der Waals surface area contributed by atoms with Crippen molar-refractivity contribution in [3.8, 4) is 17.1 Å². The van der Waals surface area contributed by atoms with Crippen LogP contribution in [-0.4, -0.2) is 16.6 Å². The van der Waals surface area contributed by atoms with Crippen molar-refractivity contribution in [3.63, 3.8) is 0 Å². The predicted octanol–water partition coefficient (Wildman–Crippen LogP) is 5.62. The zero-order valence-electron chi connectivity index (χ0n) is 15.6. The predicted molar refractivity (Wildman–Crippen MR) is 103 cm³/mol. The quantitative estimate of drug-likeness (QED) is 0.586. The van der Waals surface area contributed by atoms with Crippen molar-refractivity contribution in [1.82, 2.24) is 9.97 Å². The highest BCUT2D eigenvalue weighted by atomic mass is 16.5. The van der Waals surface area contributed by atoms with Crippen LogP contribution in [0.2, 0.25) is 0 Å². The molecule has 134 valence electrons. The first kappa shape index (κ1) is 17.9. The van der Waals surface area contributed by atoms with Crippen LogP contribution in [0.1, 0.15) is 63.6 Å². The molecule has 0 bridgehead atoms. The average Bonchev–Trinajstić information content (AvgIpc) is 2.66. The lowest BCUT2D eigenvalue weighted by atomic mass is 9.84. The first-order valence-corrected chi connectivity index (χ1v) is 9.88. The van der Waals surface area contributed by atoms with Gasteiger partial charge in [0.25, 0.3) is 0 Å². The highest BCUT2D eigenvalue weighted by Crippen LogP contribution is 2.29. The molecule has 0 saturated carbocycles. The summed E-state index contributed by atoms with van der Waals surface area (Å²) in [6, 6.07) is 8.14. The molecular weight excluding hydrogens is 308 g/mol.